The van der Waals surface area contributed by atoms with Gasteiger partial charge >= 0.3 is 7.12 Å². The van der Waals surface area contributed by atoms with E-state index < -0.39 is 7.12 Å². The van der Waals surface area contributed by atoms with Crippen molar-refractivity contribution in [3.05, 3.63) is 65.7 Å². The van der Waals surface area contributed by atoms with Crippen molar-refractivity contribution in [1.82, 2.24) is 0 Å². The van der Waals surface area contributed by atoms with Crippen LogP contribution in [0, 0.1) is 0 Å². The summed E-state index contributed by atoms with van der Waals surface area (Å²) in [5, 5.41) is 18.0. The molecular weight excluding hydrogens is 247 g/mol. The summed E-state index contributed by atoms with van der Waals surface area (Å²) < 4.78 is 11.2. The summed E-state index contributed by atoms with van der Waals surface area (Å²) in [5.74, 6) is 0. The molecule has 2 aromatic carbocycles. The Morgan fingerprint density at radius 3 is 1.94 bits per heavy atom. The Hall–Kier alpha value is -1.69. The van der Waals surface area contributed by atoms with Crippen LogP contribution in [0.4, 0.5) is 0 Å². The SMILES string of the molecule is O=S=C(c1ccccc1)c1ccc(B(O)O)cc1. The van der Waals surface area contributed by atoms with Gasteiger partial charge < -0.3 is 10.0 Å². The zero-order valence-electron chi connectivity index (χ0n) is 9.48. The van der Waals surface area contributed by atoms with Crippen molar-refractivity contribution in [3.8, 4) is 0 Å². The van der Waals surface area contributed by atoms with Gasteiger partial charge in [0.15, 0.2) is 0 Å². The first-order valence-corrected chi connectivity index (χ1v) is 6.15. The fraction of sp³-hybridized carbons (Fsp3) is 0. The fourth-order valence-corrected chi connectivity index (χ4v) is 2.12. The molecule has 18 heavy (non-hydrogen) atoms. The molecule has 0 atom stereocenters. The molecule has 0 bridgehead atoms. The Kier molecular flexibility index (Phi) is 4.09. The van der Waals surface area contributed by atoms with Crippen LogP contribution in [0.2, 0.25) is 0 Å². The molecule has 90 valence electrons. The second-order valence-electron chi connectivity index (χ2n) is 3.77. The van der Waals surface area contributed by atoms with Crippen molar-refractivity contribution in [1.29, 1.82) is 0 Å². The highest BCUT2D eigenvalue weighted by atomic mass is 32.1. The van der Waals surface area contributed by atoms with E-state index in [0.29, 0.717) is 21.6 Å². The molecule has 2 N–H and O–H groups in total. The summed E-state index contributed by atoms with van der Waals surface area (Å²) in [7, 11) is -1.49. The van der Waals surface area contributed by atoms with E-state index in [4.69, 9.17) is 10.0 Å². The maximum absolute atomic E-state index is 11.2. The minimum Gasteiger partial charge on any atom is -0.423 e. The van der Waals surface area contributed by atoms with Crippen molar-refractivity contribution in [2.24, 2.45) is 0 Å². The van der Waals surface area contributed by atoms with Crippen LogP contribution in [0.5, 0.6) is 0 Å². The third kappa shape index (κ3) is 2.76. The maximum atomic E-state index is 11.2. The van der Waals surface area contributed by atoms with E-state index in [1.165, 1.54) is 0 Å². The Morgan fingerprint density at radius 1 is 0.889 bits per heavy atom. The molecule has 2 rings (SSSR count). The lowest BCUT2D eigenvalue weighted by molar-refractivity contribution is 0.426. The van der Waals surface area contributed by atoms with Crippen molar-refractivity contribution < 1.29 is 14.3 Å². The largest absolute Gasteiger partial charge is 0.488 e. The summed E-state index contributed by atoms with van der Waals surface area (Å²) >= 11 is 0.432. The van der Waals surface area contributed by atoms with Crippen LogP contribution >= 0.6 is 0 Å². The van der Waals surface area contributed by atoms with Gasteiger partial charge in [0.25, 0.3) is 0 Å². The van der Waals surface area contributed by atoms with Crippen LogP contribution in [0.1, 0.15) is 11.1 Å². The first kappa shape index (κ1) is 12.8. The molecule has 0 heterocycles. The molecular formula is C13H11BO3S. The van der Waals surface area contributed by atoms with E-state index in [0.717, 1.165) is 11.1 Å². The van der Waals surface area contributed by atoms with Gasteiger partial charge in [-0.05, 0) is 16.6 Å². The Morgan fingerprint density at radius 2 is 1.44 bits per heavy atom. The smallest absolute Gasteiger partial charge is 0.423 e. The van der Waals surface area contributed by atoms with Gasteiger partial charge in [-0.25, -0.2) is 4.21 Å². The van der Waals surface area contributed by atoms with E-state index in [1.54, 1.807) is 24.3 Å². The molecule has 5 heteroatoms. The third-order valence-corrected chi connectivity index (χ3v) is 3.23. The Balaban J connectivity index is 2.38. The highest BCUT2D eigenvalue weighted by Gasteiger charge is 2.11. The van der Waals surface area contributed by atoms with Crippen LogP contribution in [0.15, 0.2) is 54.6 Å². The average Bonchev–Trinajstić information content (AvgIpc) is 2.41. The molecule has 0 aliphatic carbocycles. The molecule has 0 amide bonds. The van der Waals surface area contributed by atoms with Crippen LogP contribution in [0.25, 0.3) is 0 Å². The first-order chi connectivity index (χ1) is 8.72. The van der Waals surface area contributed by atoms with Gasteiger partial charge in [-0.2, -0.15) is 0 Å². The summed E-state index contributed by atoms with van der Waals surface area (Å²) in [6, 6.07) is 16.0. The molecule has 0 radical (unpaired) electrons. The number of hydrogen-bond donors (Lipinski definition) is 2. The highest BCUT2D eigenvalue weighted by Crippen LogP contribution is 2.08. The van der Waals surface area contributed by atoms with Crippen LogP contribution < -0.4 is 5.46 Å². The normalized spacial score (nSPS) is 9.89. The minimum atomic E-state index is -1.49. The Labute approximate surface area is 109 Å². The molecule has 0 aliphatic rings. The van der Waals surface area contributed by atoms with Gasteiger partial charge in [0, 0.05) is 0 Å². The van der Waals surface area contributed by atoms with Crippen molar-refractivity contribution in [2.75, 3.05) is 0 Å². The van der Waals surface area contributed by atoms with Gasteiger partial charge in [-0.3, -0.25) is 0 Å². The monoisotopic (exact) mass is 258 g/mol. The number of rotatable bonds is 3. The van der Waals surface area contributed by atoms with Crippen LogP contribution in [-0.2, 0) is 11.3 Å². The highest BCUT2D eigenvalue weighted by molar-refractivity contribution is 7.67. The summed E-state index contributed by atoms with van der Waals surface area (Å²) in [6.07, 6.45) is 0. The summed E-state index contributed by atoms with van der Waals surface area (Å²) in [5.41, 5.74) is 2.03. The predicted molar refractivity (Wildman–Crippen MR) is 74.1 cm³/mol. The van der Waals surface area contributed by atoms with Crippen LogP contribution in [0.3, 0.4) is 0 Å². The third-order valence-electron chi connectivity index (χ3n) is 2.59. The molecule has 0 fully saturated rings. The van der Waals surface area contributed by atoms with Crippen LogP contribution in [-0.4, -0.2) is 26.2 Å². The second-order valence-corrected chi connectivity index (χ2v) is 4.35. The van der Waals surface area contributed by atoms with Gasteiger partial charge in [-0.1, -0.05) is 54.6 Å². The zero-order valence-corrected chi connectivity index (χ0v) is 10.3. The van der Waals surface area contributed by atoms with E-state index in [9.17, 15) is 4.21 Å². The second kappa shape index (κ2) is 5.77. The van der Waals surface area contributed by atoms with Gasteiger partial charge in [-0.15, -0.1) is 0 Å². The van der Waals surface area contributed by atoms with Gasteiger partial charge in [0.05, 0.1) is 16.1 Å². The van der Waals surface area contributed by atoms with Crippen molar-refractivity contribution in [3.63, 3.8) is 0 Å². The topological polar surface area (TPSA) is 57.5 Å². The van der Waals surface area contributed by atoms with E-state index in [-0.39, 0.29) is 0 Å². The van der Waals surface area contributed by atoms with E-state index in [2.05, 4.69) is 0 Å². The lowest BCUT2D eigenvalue weighted by Crippen LogP contribution is -2.29. The molecule has 0 unspecified atom stereocenters. The van der Waals surface area contributed by atoms with E-state index >= 15 is 0 Å². The zero-order chi connectivity index (χ0) is 13.0. The molecule has 0 saturated carbocycles. The molecule has 0 saturated heterocycles. The molecule has 0 spiro atoms. The molecule has 0 aromatic heterocycles. The van der Waals surface area contributed by atoms with E-state index in [1.807, 2.05) is 30.3 Å². The lowest BCUT2D eigenvalue weighted by Gasteiger charge is -2.05. The summed E-state index contributed by atoms with van der Waals surface area (Å²) in [4.78, 5) is 0.620. The summed E-state index contributed by atoms with van der Waals surface area (Å²) in [6.45, 7) is 0. The lowest BCUT2D eigenvalue weighted by atomic mass is 9.80. The standard InChI is InChI=1S/C13H11BO3S/c15-14(16)12-8-6-11(7-9-12)13(18-17)10-4-2-1-3-5-10/h1-9,15-16H. The van der Waals surface area contributed by atoms with Gasteiger partial charge in [0.1, 0.15) is 0 Å². The van der Waals surface area contributed by atoms with Gasteiger partial charge in [0.2, 0.25) is 0 Å². The van der Waals surface area contributed by atoms with Crippen molar-refractivity contribution in [2.45, 2.75) is 0 Å². The molecule has 2 aromatic rings. The maximum Gasteiger partial charge on any atom is 0.488 e. The fourth-order valence-electron chi connectivity index (χ4n) is 1.66. The molecule has 0 aliphatic heterocycles. The number of hydrogen-bond acceptors (Lipinski definition) is 3. The predicted octanol–water partition coefficient (Wildman–Crippen LogP) is 0.148. The first-order valence-electron chi connectivity index (χ1n) is 5.41. The quantitative estimate of drug-likeness (QED) is 0.468. The number of benzene rings is 2. The Bertz CT molecular complexity index is 575. The minimum absolute atomic E-state index is 0.405. The van der Waals surface area contributed by atoms with Crippen molar-refractivity contribution >= 4 is 28.7 Å². The molecule has 3 nitrogen and oxygen atoms in total. The average molecular weight is 258 g/mol.